The molecule has 1 aromatic carbocycles. The summed E-state index contributed by atoms with van der Waals surface area (Å²) in [5.41, 5.74) is 3.07. The maximum Gasteiger partial charge on any atom is 0.295 e. The maximum atomic E-state index is 12.8. The lowest BCUT2D eigenvalue weighted by molar-refractivity contribution is -0.130. The second kappa shape index (κ2) is 6.38. The van der Waals surface area contributed by atoms with E-state index < -0.39 is 11.7 Å². The van der Waals surface area contributed by atoms with Crippen molar-refractivity contribution in [2.45, 2.75) is 13.8 Å². The van der Waals surface area contributed by atoms with Crippen LogP contribution in [0.3, 0.4) is 0 Å². The van der Waals surface area contributed by atoms with Crippen molar-refractivity contribution >= 4 is 28.7 Å². The molecular weight excluding hydrogens is 292 g/mol. The Morgan fingerprint density at radius 2 is 1.87 bits per heavy atom. The zero-order valence-corrected chi connectivity index (χ0v) is 13.4. The van der Waals surface area contributed by atoms with Gasteiger partial charge in [-0.05, 0) is 26.0 Å². The number of Topliss-reactive ketones (excluding diaryl/α,β-unsaturated/α-hetero) is 1. The zero-order chi connectivity index (χ0) is 16.4. The highest BCUT2D eigenvalue weighted by atomic mass is 16.5. The molecule has 3 rings (SSSR count). The summed E-state index contributed by atoms with van der Waals surface area (Å²) in [5.74, 6) is -0.918. The van der Waals surface area contributed by atoms with Gasteiger partial charge < -0.3 is 14.6 Å². The van der Waals surface area contributed by atoms with Crippen LogP contribution in [-0.4, -0.2) is 47.9 Å². The van der Waals surface area contributed by atoms with Gasteiger partial charge >= 0.3 is 0 Å². The molecule has 1 aromatic heterocycles. The third-order valence-electron chi connectivity index (χ3n) is 3.89. The molecule has 0 spiro atoms. The molecule has 1 aliphatic heterocycles. The van der Waals surface area contributed by atoms with Crippen LogP contribution in [0.25, 0.3) is 17.0 Å². The molecule has 1 amide bonds. The van der Waals surface area contributed by atoms with E-state index in [0.717, 1.165) is 16.5 Å². The normalized spacial score (nSPS) is 14.8. The minimum atomic E-state index is -0.461. The van der Waals surface area contributed by atoms with Crippen LogP contribution in [0.2, 0.25) is 0 Å². The molecule has 1 N–H and O–H groups in total. The Morgan fingerprint density at radius 3 is 2.57 bits per heavy atom. The first kappa shape index (κ1) is 15.5. The number of fused-ring (bicyclic) bond motifs is 1. The number of aromatic nitrogens is 1. The number of allylic oxidation sites excluding steroid dienone is 1. The van der Waals surface area contributed by atoms with Crippen molar-refractivity contribution in [3.05, 3.63) is 41.1 Å². The van der Waals surface area contributed by atoms with Crippen LogP contribution in [0, 0.1) is 0 Å². The minimum Gasteiger partial charge on any atom is -0.378 e. The van der Waals surface area contributed by atoms with Crippen molar-refractivity contribution in [1.82, 2.24) is 9.88 Å². The van der Waals surface area contributed by atoms with E-state index in [1.54, 1.807) is 4.90 Å². The number of ether oxygens (including phenoxy) is 1. The quantitative estimate of drug-likeness (QED) is 0.700. The number of morpholine rings is 1. The first-order chi connectivity index (χ1) is 11.1. The van der Waals surface area contributed by atoms with Crippen LogP contribution in [0.4, 0.5) is 0 Å². The molecule has 5 heteroatoms. The summed E-state index contributed by atoms with van der Waals surface area (Å²) in [4.78, 5) is 30.2. The molecule has 23 heavy (non-hydrogen) atoms. The van der Waals surface area contributed by atoms with Gasteiger partial charge in [0.1, 0.15) is 0 Å². The smallest absolute Gasteiger partial charge is 0.295 e. The van der Waals surface area contributed by atoms with Gasteiger partial charge in [-0.3, -0.25) is 9.59 Å². The highest BCUT2D eigenvalue weighted by Gasteiger charge is 2.28. The molecule has 2 aromatic rings. The number of nitrogens with zero attached hydrogens (tertiary/aromatic N) is 1. The highest BCUT2D eigenvalue weighted by Crippen LogP contribution is 2.25. The number of para-hydroxylation sites is 1. The number of carbonyl (C=O) groups excluding carboxylic acids is 2. The van der Waals surface area contributed by atoms with Gasteiger partial charge in [0, 0.05) is 24.0 Å². The predicted octanol–water partition coefficient (Wildman–Crippen LogP) is 2.63. The number of amides is 1. The fourth-order valence-corrected chi connectivity index (χ4v) is 2.82. The van der Waals surface area contributed by atoms with E-state index >= 15 is 0 Å². The van der Waals surface area contributed by atoms with E-state index in [1.165, 1.54) is 0 Å². The third-order valence-corrected chi connectivity index (χ3v) is 3.89. The first-order valence-electron chi connectivity index (χ1n) is 7.75. The van der Waals surface area contributed by atoms with Crippen LogP contribution >= 0.6 is 0 Å². The number of H-pyrrole nitrogens is 1. The van der Waals surface area contributed by atoms with Crippen LogP contribution in [0.15, 0.2) is 29.8 Å². The molecule has 1 aliphatic rings. The summed E-state index contributed by atoms with van der Waals surface area (Å²) in [6, 6.07) is 7.56. The molecule has 0 saturated carbocycles. The van der Waals surface area contributed by atoms with Gasteiger partial charge in [0.2, 0.25) is 0 Å². The Labute approximate surface area is 134 Å². The van der Waals surface area contributed by atoms with Crippen molar-refractivity contribution in [2.24, 2.45) is 0 Å². The van der Waals surface area contributed by atoms with Gasteiger partial charge in [-0.15, -0.1) is 0 Å². The average molecular weight is 312 g/mol. The number of aromatic amines is 1. The second-order valence-corrected chi connectivity index (χ2v) is 5.91. The van der Waals surface area contributed by atoms with Crippen molar-refractivity contribution in [2.75, 3.05) is 26.3 Å². The molecule has 0 radical (unpaired) electrons. The Kier molecular flexibility index (Phi) is 4.30. The maximum absolute atomic E-state index is 12.8. The number of benzene rings is 1. The molecule has 0 bridgehead atoms. The van der Waals surface area contributed by atoms with Gasteiger partial charge in [0.25, 0.3) is 11.7 Å². The average Bonchev–Trinajstić information content (AvgIpc) is 2.91. The predicted molar refractivity (Wildman–Crippen MR) is 89.4 cm³/mol. The van der Waals surface area contributed by atoms with Crippen molar-refractivity contribution < 1.29 is 14.3 Å². The number of ketones is 1. The monoisotopic (exact) mass is 312 g/mol. The van der Waals surface area contributed by atoms with Crippen molar-refractivity contribution in [1.29, 1.82) is 0 Å². The standard InChI is InChI=1S/C18H20N2O3/c1-12(2)11-15-16(13-5-3-4-6-14(13)19-15)17(21)18(22)20-7-9-23-10-8-20/h3-6,11,19H,7-10H2,1-2H3. The molecule has 2 heterocycles. The molecule has 1 fully saturated rings. The second-order valence-electron chi connectivity index (χ2n) is 5.91. The summed E-state index contributed by atoms with van der Waals surface area (Å²) in [5, 5.41) is 0.784. The van der Waals surface area contributed by atoms with Gasteiger partial charge in [-0.2, -0.15) is 0 Å². The third kappa shape index (κ3) is 3.05. The number of nitrogens with one attached hydrogen (secondary N) is 1. The molecule has 5 nitrogen and oxygen atoms in total. The summed E-state index contributed by atoms with van der Waals surface area (Å²) in [7, 11) is 0. The van der Waals surface area contributed by atoms with Crippen LogP contribution < -0.4 is 0 Å². The van der Waals surface area contributed by atoms with Crippen molar-refractivity contribution in [3.63, 3.8) is 0 Å². The Balaban J connectivity index is 2.04. The fraction of sp³-hybridized carbons (Fsp3) is 0.333. The SMILES string of the molecule is CC(C)=Cc1[nH]c2ccccc2c1C(=O)C(=O)N1CCOCC1. The summed E-state index contributed by atoms with van der Waals surface area (Å²) >= 11 is 0. The van der Waals surface area contributed by atoms with Crippen LogP contribution in [0.5, 0.6) is 0 Å². The van der Waals surface area contributed by atoms with E-state index in [1.807, 2.05) is 44.2 Å². The zero-order valence-electron chi connectivity index (χ0n) is 13.4. The Morgan fingerprint density at radius 1 is 1.17 bits per heavy atom. The van der Waals surface area contributed by atoms with Gasteiger partial charge in [0.15, 0.2) is 0 Å². The largest absolute Gasteiger partial charge is 0.378 e. The first-order valence-corrected chi connectivity index (χ1v) is 7.75. The Bertz CT molecular complexity index is 779. The molecule has 120 valence electrons. The summed E-state index contributed by atoms with van der Waals surface area (Å²) in [6.07, 6.45) is 1.90. The minimum absolute atomic E-state index is 0.457. The topological polar surface area (TPSA) is 62.4 Å². The van der Waals surface area contributed by atoms with Gasteiger partial charge in [0.05, 0.1) is 24.5 Å². The Hall–Kier alpha value is -2.40. The number of hydrogen-bond donors (Lipinski definition) is 1. The van der Waals surface area contributed by atoms with Gasteiger partial charge in [-0.1, -0.05) is 23.8 Å². The van der Waals surface area contributed by atoms with E-state index in [-0.39, 0.29) is 0 Å². The fourth-order valence-electron chi connectivity index (χ4n) is 2.82. The number of carbonyl (C=O) groups is 2. The van der Waals surface area contributed by atoms with Crippen LogP contribution in [-0.2, 0) is 9.53 Å². The highest BCUT2D eigenvalue weighted by molar-refractivity contribution is 6.45. The van der Waals surface area contributed by atoms with Crippen molar-refractivity contribution in [3.8, 4) is 0 Å². The number of rotatable bonds is 3. The lowest BCUT2D eigenvalue weighted by Crippen LogP contribution is -2.44. The van der Waals surface area contributed by atoms with E-state index in [0.29, 0.717) is 37.6 Å². The summed E-state index contributed by atoms with van der Waals surface area (Å²) in [6.45, 7) is 5.81. The summed E-state index contributed by atoms with van der Waals surface area (Å²) < 4.78 is 5.25. The van der Waals surface area contributed by atoms with E-state index in [4.69, 9.17) is 4.74 Å². The number of hydrogen-bond acceptors (Lipinski definition) is 3. The van der Waals surface area contributed by atoms with Crippen LogP contribution in [0.1, 0.15) is 29.9 Å². The molecule has 0 atom stereocenters. The molecule has 0 unspecified atom stereocenters. The molecule has 0 aliphatic carbocycles. The molecular formula is C18H20N2O3. The van der Waals surface area contributed by atoms with E-state index in [9.17, 15) is 9.59 Å². The van der Waals surface area contributed by atoms with Gasteiger partial charge in [-0.25, -0.2) is 0 Å². The van der Waals surface area contributed by atoms with E-state index in [2.05, 4.69) is 4.98 Å². The lowest BCUT2D eigenvalue weighted by atomic mass is 10.0. The molecule has 1 saturated heterocycles. The lowest BCUT2D eigenvalue weighted by Gasteiger charge is -2.26.